The van der Waals surface area contributed by atoms with Crippen molar-refractivity contribution in [1.29, 1.82) is 0 Å². The first-order chi connectivity index (χ1) is 7.19. The Labute approximate surface area is 91.9 Å². The molecule has 0 atom stereocenters. The molecule has 0 bridgehead atoms. The predicted molar refractivity (Wildman–Crippen MR) is 63.1 cm³/mol. The minimum absolute atomic E-state index is 0.107. The number of benzene rings is 1. The van der Waals surface area contributed by atoms with Crippen LogP contribution in [-0.2, 0) is 6.42 Å². The van der Waals surface area contributed by atoms with Crippen molar-refractivity contribution < 1.29 is 4.79 Å². The van der Waals surface area contributed by atoms with Crippen LogP contribution in [0.1, 0.15) is 36.2 Å². The molecule has 0 unspecified atom stereocenters. The van der Waals surface area contributed by atoms with Crippen LogP contribution in [0.5, 0.6) is 0 Å². The van der Waals surface area contributed by atoms with Crippen LogP contribution in [0.3, 0.4) is 0 Å². The summed E-state index contributed by atoms with van der Waals surface area (Å²) >= 11 is 0. The van der Waals surface area contributed by atoms with E-state index < -0.39 is 0 Å². The van der Waals surface area contributed by atoms with Crippen LogP contribution < -0.4 is 0 Å². The van der Waals surface area contributed by atoms with Crippen molar-refractivity contribution in [1.82, 2.24) is 4.90 Å². The van der Waals surface area contributed by atoms with Gasteiger partial charge in [0.25, 0.3) is 5.91 Å². The highest BCUT2D eigenvalue weighted by molar-refractivity contribution is 5.94. The number of carbonyl (C=O) groups excluding carboxylic acids is 1. The van der Waals surface area contributed by atoms with E-state index in [4.69, 9.17) is 0 Å². The van der Waals surface area contributed by atoms with E-state index in [1.54, 1.807) is 4.90 Å². The van der Waals surface area contributed by atoms with E-state index in [-0.39, 0.29) is 5.91 Å². The molecule has 0 N–H and O–H groups in total. The first kappa shape index (κ1) is 11.8. The van der Waals surface area contributed by atoms with Crippen LogP contribution in [0.2, 0.25) is 0 Å². The van der Waals surface area contributed by atoms with E-state index in [9.17, 15) is 4.79 Å². The van der Waals surface area contributed by atoms with Crippen molar-refractivity contribution in [2.24, 2.45) is 0 Å². The van der Waals surface area contributed by atoms with Gasteiger partial charge < -0.3 is 4.90 Å². The van der Waals surface area contributed by atoms with Crippen LogP contribution in [0.15, 0.2) is 24.3 Å². The highest BCUT2D eigenvalue weighted by Crippen LogP contribution is 2.09. The fourth-order valence-electron chi connectivity index (χ4n) is 1.51. The van der Waals surface area contributed by atoms with Crippen LogP contribution in [-0.4, -0.2) is 24.4 Å². The molecule has 0 aromatic heterocycles. The van der Waals surface area contributed by atoms with Gasteiger partial charge in [0.2, 0.25) is 0 Å². The van der Waals surface area contributed by atoms with Crippen LogP contribution in [0, 0.1) is 0 Å². The maximum atomic E-state index is 11.9. The lowest BCUT2D eigenvalue weighted by Crippen LogP contribution is -2.26. The van der Waals surface area contributed by atoms with Gasteiger partial charge in [0, 0.05) is 19.2 Å². The van der Waals surface area contributed by atoms with E-state index in [1.165, 1.54) is 5.56 Å². The Balaban J connectivity index is 2.85. The largest absolute Gasteiger partial charge is 0.342 e. The summed E-state index contributed by atoms with van der Waals surface area (Å²) in [6.45, 7) is 4.87. The average Bonchev–Trinajstić information content (AvgIpc) is 2.28. The van der Waals surface area contributed by atoms with Crippen molar-refractivity contribution in [3.05, 3.63) is 35.4 Å². The molecule has 0 saturated carbocycles. The molecule has 82 valence electrons. The van der Waals surface area contributed by atoms with Crippen LogP contribution in [0.4, 0.5) is 0 Å². The highest BCUT2D eigenvalue weighted by atomic mass is 16.2. The number of amides is 1. The maximum absolute atomic E-state index is 11.9. The van der Waals surface area contributed by atoms with Crippen molar-refractivity contribution in [3.8, 4) is 0 Å². The standard InChI is InChI=1S/C13H19NO/c1-4-7-11-8-6-9-12(10-11)13(15)14(3)5-2/h6,8-10H,4-5,7H2,1-3H3. The molecule has 1 rings (SSSR count). The van der Waals surface area contributed by atoms with E-state index in [1.807, 2.05) is 32.2 Å². The number of aryl methyl sites for hydroxylation is 1. The summed E-state index contributed by atoms with van der Waals surface area (Å²) in [6, 6.07) is 7.92. The molecule has 1 aromatic rings. The van der Waals surface area contributed by atoms with Crippen molar-refractivity contribution in [3.63, 3.8) is 0 Å². The lowest BCUT2D eigenvalue weighted by Gasteiger charge is -2.14. The average molecular weight is 205 g/mol. The normalized spacial score (nSPS) is 10.1. The van der Waals surface area contributed by atoms with Gasteiger partial charge in [-0.25, -0.2) is 0 Å². The van der Waals surface area contributed by atoms with Crippen molar-refractivity contribution in [2.75, 3.05) is 13.6 Å². The van der Waals surface area contributed by atoms with Gasteiger partial charge in [-0.05, 0) is 31.0 Å². The molecule has 1 aromatic carbocycles. The summed E-state index contributed by atoms with van der Waals surface area (Å²) in [6.07, 6.45) is 2.15. The zero-order valence-corrected chi connectivity index (χ0v) is 9.79. The summed E-state index contributed by atoms with van der Waals surface area (Å²) in [5, 5.41) is 0. The summed E-state index contributed by atoms with van der Waals surface area (Å²) in [4.78, 5) is 13.6. The lowest BCUT2D eigenvalue weighted by atomic mass is 10.1. The molecule has 0 aliphatic heterocycles. The second kappa shape index (κ2) is 5.54. The van der Waals surface area contributed by atoms with Gasteiger partial charge >= 0.3 is 0 Å². The monoisotopic (exact) mass is 205 g/mol. The topological polar surface area (TPSA) is 20.3 Å². The quantitative estimate of drug-likeness (QED) is 0.740. The van der Waals surface area contributed by atoms with Crippen LogP contribution >= 0.6 is 0 Å². The van der Waals surface area contributed by atoms with Gasteiger partial charge in [0.15, 0.2) is 0 Å². The van der Waals surface area contributed by atoms with Gasteiger partial charge in [-0.2, -0.15) is 0 Å². The first-order valence-electron chi connectivity index (χ1n) is 5.53. The molecule has 2 heteroatoms. The van der Waals surface area contributed by atoms with E-state index in [0.29, 0.717) is 0 Å². The minimum atomic E-state index is 0.107. The fourth-order valence-corrected chi connectivity index (χ4v) is 1.51. The molecular weight excluding hydrogens is 186 g/mol. The van der Waals surface area contributed by atoms with Gasteiger partial charge in [-0.3, -0.25) is 4.79 Å². The molecule has 0 radical (unpaired) electrons. The molecule has 1 amide bonds. The molecule has 0 aliphatic carbocycles. The Kier molecular flexibility index (Phi) is 4.35. The number of hydrogen-bond acceptors (Lipinski definition) is 1. The number of hydrogen-bond donors (Lipinski definition) is 0. The molecule has 0 aliphatic rings. The Hall–Kier alpha value is -1.31. The molecule has 0 saturated heterocycles. The third kappa shape index (κ3) is 3.08. The molecule has 0 fully saturated rings. The fraction of sp³-hybridized carbons (Fsp3) is 0.462. The van der Waals surface area contributed by atoms with E-state index in [2.05, 4.69) is 13.0 Å². The Bertz CT molecular complexity index is 333. The zero-order valence-electron chi connectivity index (χ0n) is 9.79. The lowest BCUT2D eigenvalue weighted by molar-refractivity contribution is 0.0802. The number of nitrogens with zero attached hydrogens (tertiary/aromatic N) is 1. The summed E-state index contributed by atoms with van der Waals surface area (Å²) in [5.41, 5.74) is 2.04. The second-order valence-corrected chi connectivity index (χ2v) is 3.77. The Morgan fingerprint density at radius 1 is 1.33 bits per heavy atom. The SMILES string of the molecule is CCCc1cccc(C(=O)N(C)CC)c1. The van der Waals surface area contributed by atoms with E-state index in [0.717, 1.165) is 24.9 Å². The van der Waals surface area contributed by atoms with Gasteiger partial charge in [-0.15, -0.1) is 0 Å². The summed E-state index contributed by atoms with van der Waals surface area (Å²) < 4.78 is 0. The van der Waals surface area contributed by atoms with Gasteiger partial charge in [0.1, 0.15) is 0 Å². The highest BCUT2D eigenvalue weighted by Gasteiger charge is 2.09. The van der Waals surface area contributed by atoms with Gasteiger partial charge in [-0.1, -0.05) is 25.5 Å². The Morgan fingerprint density at radius 2 is 2.07 bits per heavy atom. The maximum Gasteiger partial charge on any atom is 0.253 e. The molecule has 0 heterocycles. The molecule has 15 heavy (non-hydrogen) atoms. The van der Waals surface area contributed by atoms with Crippen LogP contribution in [0.25, 0.3) is 0 Å². The smallest absolute Gasteiger partial charge is 0.253 e. The van der Waals surface area contributed by atoms with Crippen molar-refractivity contribution >= 4 is 5.91 Å². The molecule has 0 spiro atoms. The molecule has 2 nitrogen and oxygen atoms in total. The minimum Gasteiger partial charge on any atom is -0.342 e. The third-order valence-corrected chi connectivity index (χ3v) is 2.53. The summed E-state index contributed by atoms with van der Waals surface area (Å²) in [5.74, 6) is 0.107. The predicted octanol–water partition coefficient (Wildman–Crippen LogP) is 2.73. The second-order valence-electron chi connectivity index (χ2n) is 3.77. The number of carbonyl (C=O) groups is 1. The first-order valence-corrected chi connectivity index (χ1v) is 5.53. The van der Waals surface area contributed by atoms with E-state index >= 15 is 0 Å². The van der Waals surface area contributed by atoms with Crippen molar-refractivity contribution in [2.45, 2.75) is 26.7 Å². The zero-order chi connectivity index (χ0) is 11.3. The van der Waals surface area contributed by atoms with Gasteiger partial charge in [0.05, 0.1) is 0 Å². The third-order valence-electron chi connectivity index (χ3n) is 2.53. The Morgan fingerprint density at radius 3 is 2.67 bits per heavy atom. The summed E-state index contributed by atoms with van der Waals surface area (Å²) in [7, 11) is 1.83. The molecular formula is C13H19NO. The number of rotatable bonds is 4.